The van der Waals surface area contributed by atoms with Crippen LogP contribution in [0.15, 0.2) is 58.7 Å². The van der Waals surface area contributed by atoms with E-state index in [0.717, 1.165) is 23.1 Å². The molecule has 1 rings (SSSR count). The molecule has 3 heteroatoms. The van der Waals surface area contributed by atoms with Crippen LogP contribution in [0.1, 0.15) is 47.5 Å². The molecule has 0 bridgehead atoms. The molecular weight excluding hydrogens is 288 g/mol. The average molecular weight is 314 g/mol. The predicted molar refractivity (Wildman–Crippen MR) is 94.2 cm³/mol. The zero-order valence-electron chi connectivity index (χ0n) is 14.6. The van der Waals surface area contributed by atoms with E-state index in [4.69, 9.17) is 5.11 Å². The predicted octanol–water partition coefficient (Wildman–Crippen LogP) is 4.78. The second-order valence-electron chi connectivity index (χ2n) is 6.68. The second-order valence-corrected chi connectivity index (χ2v) is 6.68. The smallest absolute Gasteiger partial charge is 0.328 e. The number of aliphatic carboxylic acids is 1. The molecule has 0 radical (unpaired) electrons. The molecule has 0 saturated carbocycles. The van der Waals surface area contributed by atoms with Gasteiger partial charge in [0.2, 0.25) is 0 Å². The second kappa shape index (κ2) is 7.91. The summed E-state index contributed by atoms with van der Waals surface area (Å²) in [5.41, 5.74) is 3.71. The normalized spacial score (nSPS) is 20.0. The topological polar surface area (TPSA) is 54.4 Å². The van der Waals surface area contributed by atoms with Crippen molar-refractivity contribution >= 4 is 11.8 Å². The van der Waals surface area contributed by atoms with Crippen molar-refractivity contribution in [3.63, 3.8) is 0 Å². The van der Waals surface area contributed by atoms with E-state index in [2.05, 4.69) is 13.8 Å². The molecule has 0 spiro atoms. The molecule has 1 N–H and O–H groups in total. The lowest BCUT2D eigenvalue weighted by atomic mass is 9.72. The lowest BCUT2D eigenvalue weighted by molar-refractivity contribution is -0.131. The van der Waals surface area contributed by atoms with Crippen molar-refractivity contribution in [2.45, 2.75) is 47.5 Å². The number of hydrogen-bond donors (Lipinski definition) is 1. The minimum atomic E-state index is -0.945. The summed E-state index contributed by atoms with van der Waals surface area (Å²) >= 11 is 0. The van der Waals surface area contributed by atoms with Gasteiger partial charge in [-0.15, -0.1) is 0 Å². The standard InChI is InChI=1S/C20H26O3/c1-14(7-6-8-15(2)13-19(22)23)9-10-17-16(3)18(21)11-12-20(17,4)5/h6-10,13H,11-12H2,1-5H3,(H,22,23)/b8-6+,10-9+,14-7+,15-13-. The third-order valence-corrected chi connectivity index (χ3v) is 4.11. The van der Waals surface area contributed by atoms with Crippen LogP contribution in [0.2, 0.25) is 0 Å². The number of carbonyl (C=O) groups is 2. The SMILES string of the molecule is CC1=C(/C=C/C(C)=C/C=C/C(C)=C\C(=O)O)C(C)(C)CCC1=O. The Kier molecular flexibility index (Phi) is 6.49. The first-order valence-electron chi connectivity index (χ1n) is 7.82. The van der Waals surface area contributed by atoms with E-state index in [1.54, 1.807) is 13.0 Å². The molecule has 0 amide bonds. The van der Waals surface area contributed by atoms with Crippen LogP contribution in [0.5, 0.6) is 0 Å². The summed E-state index contributed by atoms with van der Waals surface area (Å²) in [5, 5.41) is 8.65. The summed E-state index contributed by atoms with van der Waals surface area (Å²) in [4.78, 5) is 22.4. The van der Waals surface area contributed by atoms with Crippen LogP contribution in [0.4, 0.5) is 0 Å². The van der Waals surface area contributed by atoms with Crippen LogP contribution in [0, 0.1) is 5.41 Å². The molecule has 0 atom stereocenters. The van der Waals surface area contributed by atoms with E-state index >= 15 is 0 Å². The quantitative estimate of drug-likeness (QED) is 0.587. The van der Waals surface area contributed by atoms with Gasteiger partial charge in [-0.2, -0.15) is 0 Å². The van der Waals surface area contributed by atoms with Gasteiger partial charge in [-0.3, -0.25) is 4.79 Å². The fraction of sp³-hybridized carbons (Fsp3) is 0.400. The fourth-order valence-electron chi connectivity index (χ4n) is 2.62. The summed E-state index contributed by atoms with van der Waals surface area (Å²) in [6.07, 6.45) is 12.2. The number of hydrogen-bond acceptors (Lipinski definition) is 2. The van der Waals surface area contributed by atoms with Crippen molar-refractivity contribution in [1.82, 2.24) is 0 Å². The summed E-state index contributed by atoms with van der Waals surface area (Å²) < 4.78 is 0. The highest BCUT2D eigenvalue weighted by atomic mass is 16.4. The summed E-state index contributed by atoms with van der Waals surface area (Å²) in [6, 6.07) is 0. The van der Waals surface area contributed by atoms with Gasteiger partial charge < -0.3 is 5.11 Å². The van der Waals surface area contributed by atoms with Gasteiger partial charge in [0.1, 0.15) is 0 Å². The van der Waals surface area contributed by atoms with Gasteiger partial charge in [0.05, 0.1) is 0 Å². The molecule has 0 aromatic heterocycles. The average Bonchev–Trinajstić information content (AvgIpc) is 2.42. The minimum Gasteiger partial charge on any atom is -0.478 e. The third-order valence-electron chi connectivity index (χ3n) is 4.11. The van der Waals surface area contributed by atoms with Crippen LogP contribution < -0.4 is 0 Å². The van der Waals surface area contributed by atoms with Gasteiger partial charge >= 0.3 is 5.97 Å². The van der Waals surface area contributed by atoms with Crippen molar-refractivity contribution < 1.29 is 14.7 Å². The molecule has 3 nitrogen and oxygen atoms in total. The molecular formula is C20H26O3. The Hall–Kier alpha value is -2.16. The zero-order chi connectivity index (χ0) is 17.6. The largest absolute Gasteiger partial charge is 0.478 e. The van der Waals surface area contributed by atoms with Crippen LogP contribution in [-0.2, 0) is 9.59 Å². The third kappa shape index (κ3) is 5.85. The van der Waals surface area contributed by atoms with Gasteiger partial charge in [0, 0.05) is 12.5 Å². The van der Waals surface area contributed by atoms with Crippen molar-refractivity contribution in [3.05, 3.63) is 58.7 Å². The summed E-state index contributed by atoms with van der Waals surface area (Å²) in [7, 11) is 0. The van der Waals surface area contributed by atoms with Gasteiger partial charge in [0.15, 0.2) is 5.78 Å². The number of rotatable bonds is 5. The Bertz CT molecular complexity index is 638. The highest BCUT2D eigenvalue weighted by Gasteiger charge is 2.30. The van der Waals surface area contributed by atoms with Crippen molar-refractivity contribution in [2.75, 3.05) is 0 Å². The number of allylic oxidation sites excluding steroid dienone is 9. The van der Waals surface area contributed by atoms with Crippen molar-refractivity contribution in [1.29, 1.82) is 0 Å². The Morgan fingerprint density at radius 2 is 1.83 bits per heavy atom. The molecule has 0 unspecified atom stereocenters. The fourth-order valence-corrected chi connectivity index (χ4v) is 2.62. The monoisotopic (exact) mass is 314 g/mol. The number of ketones is 1. The lowest BCUT2D eigenvalue weighted by Crippen LogP contribution is -2.24. The molecule has 124 valence electrons. The van der Waals surface area contributed by atoms with E-state index in [0.29, 0.717) is 12.0 Å². The summed E-state index contributed by atoms with van der Waals surface area (Å²) in [6.45, 7) is 9.96. The number of carbonyl (C=O) groups excluding carboxylic acids is 1. The van der Waals surface area contributed by atoms with E-state index in [1.807, 2.05) is 38.2 Å². The number of carboxylic acid groups (broad SMARTS) is 1. The minimum absolute atomic E-state index is 0.0193. The maximum Gasteiger partial charge on any atom is 0.328 e. The van der Waals surface area contributed by atoms with Crippen LogP contribution in [-0.4, -0.2) is 16.9 Å². The summed E-state index contributed by atoms with van der Waals surface area (Å²) in [5.74, 6) is -0.709. The molecule has 23 heavy (non-hydrogen) atoms. The number of carboxylic acids is 1. The van der Waals surface area contributed by atoms with E-state index < -0.39 is 5.97 Å². The van der Waals surface area contributed by atoms with Gasteiger partial charge in [-0.25, -0.2) is 4.79 Å². The zero-order valence-corrected chi connectivity index (χ0v) is 14.6. The van der Waals surface area contributed by atoms with Gasteiger partial charge in [-0.1, -0.05) is 49.8 Å². The van der Waals surface area contributed by atoms with E-state index in [9.17, 15) is 9.59 Å². The lowest BCUT2D eigenvalue weighted by Gasteiger charge is -2.32. The number of Topliss-reactive ketones (excluding diaryl/α,β-unsaturated/α-hetero) is 1. The molecule has 0 aromatic rings. The maximum absolute atomic E-state index is 11.9. The maximum atomic E-state index is 11.9. The molecule has 1 aliphatic carbocycles. The van der Waals surface area contributed by atoms with Crippen LogP contribution in [0.25, 0.3) is 0 Å². The van der Waals surface area contributed by atoms with Crippen LogP contribution >= 0.6 is 0 Å². The van der Waals surface area contributed by atoms with E-state index in [1.165, 1.54) is 6.08 Å². The molecule has 0 aliphatic heterocycles. The highest BCUT2D eigenvalue weighted by molar-refractivity contribution is 5.97. The molecule has 0 fully saturated rings. The molecule has 0 aromatic carbocycles. The first-order chi connectivity index (χ1) is 10.6. The Labute approximate surface area is 138 Å². The Morgan fingerprint density at radius 1 is 1.17 bits per heavy atom. The van der Waals surface area contributed by atoms with Crippen molar-refractivity contribution in [2.24, 2.45) is 5.41 Å². The Balaban J connectivity index is 2.89. The molecule has 1 aliphatic rings. The van der Waals surface area contributed by atoms with Gasteiger partial charge in [0.25, 0.3) is 0 Å². The molecule has 0 heterocycles. The first-order valence-corrected chi connectivity index (χ1v) is 7.82. The van der Waals surface area contributed by atoms with E-state index in [-0.39, 0.29) is 11.2 Å². The van der Waals surface area contributed by atoms with Crippen molar-refractivity contribution in [3.8, 4) is 0 Å². The van der Waals surface area contributed by atoms with Crippen LogP contribution in [0.3, 0.4) is 0 Å². The Morgan fingerprint density at radius 3 is 2.43 bits per heavy atom. The van der Waals surface area contributed by atoms with Gasteiger partial charge in [-0.05, 0) is 49.3 Å². The first kappa shape index (κ1) is 18.9. The molecule has 0 saturated heterocycles. The highest BCUT2D eigenvalue weighted by Crippen LogP contribution is 2.39.